The number of halogens is 1. The normalized spacial score (nSPS) is 17.9. The van der Waals surface area contributed by atoms with E-state index in [4.69, 9.17) is 12.2 Å². The molecule has 1 aliphatic rings. The molecule has 0 radical (unpaired) electrons. The number of rotatable bonds is 4. The summed E-state index contributed by atoms with van der Waals surface area (Å²) >= 11 is 5.81. The lowest BCUT2D eigenvalue weighted by atomic mass is 10.00. The van der Waals surface area contributed by atoms with Gasteiger partial charge < -0.3 is 14.8 Å². The van der Waals surface area contributed by atoms with E-state index in [2.05, 4.69) is 70.1 Å². The largest absolute Gasteiger partial charge is 0.351 e. The van der Waals surface area contributed by atoms with Crippen LogP contribution in [-0.2, 0) is 0 Å². The number of hydrogen-bond donors (Lipinski definition) is 1. The van der Waals surface area contributed by atoms with Gasteiger partial charge in [-0.2, -0.15) is 0 Å². The van der Waals surface area contributed by atoms with Gasteiger partial charge in [0.25, 0.3) is 0 Å². The number of thiocarbonyl (C=S) groups is 1. The lowest BCUT2D eigenvalue weighted by Gasteiger charge is -2.29. The summed E-state index contributed by atoms with van der Waals surface area (Å²) in [5, 5.41) is 4.07. The molecule has 0 bridgehead atoms. The molecule has 5 rings (SSSR count). The van der Waals surface area contributed by atoms with E-state index in [1.165, 1.54) is 17.2 Å². The maximum atomic E-state index is 14.1. The molecule has 0 saturated carbocycles. The Kier molecular flexibility index (Phi) is 5.46. The SMILES string of the molecule is Cc1ccc(-n2cccc2[C@@H]2[C@@H](c3ccccn3)NC(=S)N2c2ccc(F)c(C)c2)cc1C. The van der Waals surface area contributed by atoms with Crippen LogP contribution in [0.2, 0.25) is 0 Å². The van der Waals surface area contributed by atoms with Crippen molar-refractivity contribution in [2.75, 3.05) is 4.90 Å². The first kappa shape index (κ1) is 21.3. The monoisotopic (exact) mass is 456 g/mol. The number of benzene rings is 2. The number of aryl methyl sites for hydroxylation is 3. The zero-order valence-corrected chi connectivity index (χ0v) is 19.6. The Hall–Kier alpha value is -3.51. The third-order valence-corrected chi connectivity index (χ3v) is 6.68. The zero-order chi connectivity index (χ0) is 23.1. The third kappa shape index (κ3) is 3.80. The molecule has 0 aliphatic carbocycles. The fraction of sp³-hybridized carbons (Fsp3) is 0.185. The first-order chi connectivity index (χ1) is 15.9. The molecule has 0 unspecified atom stereocenters. The lowest BCUT2D eigenvalue weighted by Crippen LogP contribution is -2.30. The van der Waals surface area contributed by atoms with Gasteiger partial charge in [0, 0.05) is 29.5 Å². The van der Waals surface area contributed by atoms with Crippen LogP contribution >= 0.6 is 12.2 Å². The van der Waals surface area contributed by atoms with E-state index >= 15 is 0 Å². The van der Waals surface area contributed by atoms with Gasteiger partial charge in [0.2, 0.25) is 0 Å². The fourth-order valence-corrected chi connectivity index (χ4v) is 4.80. The van der Waals surface area contributed by atoms with Crippen molar-refractivity contribution in [3.8, 4) is 5.69 Å². The third-order valence-electron chi connectivity index (χ3n) is 6.37. The Morgan fingerprint density at radius 1 is 0.879 bits per heavy atom. The second kappa shape index (κ2) is 8.45. The molecule has 4 nitrogen and oxygen atoms in total. The van der Waals surface area contributed by atoms with Crippen LogP contribution in [0.25, 0.3) is 5.69 Å². The smallest absolute Gasteiger partial charge is 0.174 e. The van der Waals surface area contributed by atoms with Crippen LogP contribution in [0.5, 0.6) is 0 Å². The molecule has 2 aromatic carbocycles. The van der Waals surface area contributed by atoms with Gasteiger partial charge in [-0.3, -0.25) is 4.98 Å². The van der Waals surface area contributed by atoms with Crippen LogP contribution in [0.15, 0.2) is 79.1 Å². The summed E-state index contributed by atoms with van der Waals surface area (Å²) in [4.78, 5) is 6.70. The average molecular weight is 457 g/mol. The van der Waals surface area contributed by atoms with Crippen LogP contribution < -0.4 is 10.2 Å². The van der Waals surface area contributed by atoms with E-state index in [1.54, 1.807) is 19.2 Å². The number of nitrogens with zero attached hydrogens (tertiary/aromatic N) is 3. The first-order valence-electron chi connectivity index (χ1n) is 11.0. The quantitative estimate of drug-likeness (QED) is 0.376. The predicted molar refractivity (Wildman–Crippen MR) is 134 cm³/mol. The molecular formula is C27H25FN4S. The van der Waals surface area contributed by atoms with Crippen molar-refractivity contribution >= 4 is 23.0 Å². The molecule has 1 aliphatic heterocycles. The Morgan fingerprint density at radius 3 is 2.39 bits per heavy atom. The first-order valence-corrected chi connectivity index (χ1v) is 11.4. The second-order valence-corrected chi connectivity index (χ2v) is 8.89. The summed E-state index contributed by atoms with van der Waals surface area (Å²) in [5.41, 5.74) is 6.99. The average Bonchev–Trinajstić information content (AvgIpc) is 3.42. The minimum atomic E-state index is -0.229. The van der Waals surface area contributed by atoms with Crippen molar-refractivity contribution in [2.24, 2.45) is 0 Å². The summed E-state index contributed by atoms with van der Waals surface area (Å²) in [6.45, 7) is 6.01. The van der Waals surface area contributed by atoms with Crippen molar-refractivity contribution in [3.63, 3.8) is 0 Å². The van der Waals surface area contributed by atoms with E-state index in [0.717, 1.165) is 22.8 Å². The standard InChI is InChI=1S/C27H25FN4S/c1-17-9-10-20(15-18(17)2)31-14-6-8-24(31)26-25(23-7-4-5-13-29-23)30-27(33)32(26)21-11-12-22(28)19(3)16-21/h4-16,25-26H,1-3H3,(H,30,33)/t25-,26-/m1/s1. The van der Waals surface area contributed by atoms with E-state index in [0.29, 0.717) is 10.7 Å². The van der Waals surface area contributed by atoms with Crippen LogP contribution in [0.4, 0.5) is 10.1 Å². The number of anilines is 1. The zero-order valence-electron chi connectivity index (χ0n) is 18.8. The van der Waals surface area contributed by atoms with Gasteiger partial charge in [-0.05, 0) is 104 Å². The van der Waals surface area contributed by atoms with E-state index < -0.39 is 0 Å². The molecule has 1 N–H and O–H groups in total. The molecule has 1 saturated heterocycles. The molecule has 1 fully saturated rings. The van der Waals surface area contributed by atoms with E-state index in [1.807, 2.05) is 24.3 Å². The highest BCUT2D eigenvalue weighted by Gasteiger charge is 2.42. The van der Waals surface area contributed by atoms with Gasteiger partial charge in [0.1, 0.15) is 11.9 Å². The molecule has 3 heterocycles. The van der Waals surface area contributed by atoms with Crippen LogP contribution in [0, 0.1) is 26.6 Å². The predicted octanol–water partition coefficient (Wildman–Crippen LogP) is 6.11. The second-order valence-electron chi connectivity index (χ2n) is 8.50. The summed E-state index contributed by atoms with van der Waals surface area (Å²) in [7, 11) is 0. The maximum Gasteiger partial charge on any atom is 0.174 e. The number of aromatic nitrogens is 2. The van der Waals surface area contributed by atoms with Crippen LogP contribution in [-0.4, -0.2) is 14.7 Å². The van der Waals surface area contributed by atoms with Crippen LogP contribution in [0.3, 0.4) is 0 Å². The van der Waals surface area contributed by atoms with E-state index in [-0.39, 0.29) is 17.9 Å². The highest BCUT2D eigenvalue weighted by molar-refractivity contribution is 7.80. The summed E-state index contributed by atoms with van der Waals surface area (Å²) in [6, 6.07) is 21.3. The van der Waals surface area contributed by atoms with Crippen LogP contribution in [0.1, 0.15) is 40.2 Å². The van der Waals surface area contributed by atoms with Gasteiger partial charge in [-0.25, -0.2) is 4.39 Å². The Bertz CT molecular complexity index is 1330. The van der Waals surface area contributed by atoms with Gasteiger partial charge in [0.15, 0.2) is 5.11 Å². The molecule has 4 aromatic rings. The molecule has 0 amide bonds. The summed E-state index contributed by atoms with van der Waals surface area (Å²) in [6.07, 6.45) is 3.87. The van der Waals surface area contributed by atoms with Crippen molar-refractivity contribution in [1.82, 2.24) is 14.9 Å². The maximum absolute atomic E-state index is 14.1. The summed E-state index contributed by atoms with van der Waals surface area (Å²) in [5.74, 6) is -0.229. The molecule has 166 valence electrons. The van der Waals surface area contributed by atoms with Crippen molar-refractivity contribution in [1.29, 1.82) is 0 Å². The molecule has 6 heteroatoms. The molecule has 2 atom stereocenters. The molecule has 2 aromatic heterocycles. The highest BCUT2D eigenvalue weighted by Crippen LogP contribution is 2.42. The summed E-state index contributed by atoms with van der Waals surface area (Å²) < 4.78 is 16.3. The number of pyridine rings is 1. The fourth-order valence-electron chi connectivity index (χ4n) is 4.46. The Morgan fingerprint density at radius 2 is 1.67 bits per heavy atom. The van der Waals surface area contributed by atoms with Gasteiger partial charge >= 0.3 is 0 Å². The Labute approximate surface area is 198 Å². The minimum Gasteiger partial charge on any atom is -0.351 e. The van der Waals surface area contributed by atoms with Crippen molar-refractivity contribution in [2.45, 2.75) is 32.9 Å². The topological polar surface area (TPSA) is 33.1 Å². The van der Waals surface area contributed by atoms with Gasteiger partial charge in [-0.15, -0.1) is 0 Å². The van der Waals surface area contributed by atoms with Gasteiger partial charge in [0.05, 0.1) is 11.7 Å². The van der Waals surface area contributed by atoms with Crippen molar-refractivity contribution < 1.29 is 4.39 Å². The molecule has 33 heavy (non-hydrogen) atoms. The molecular weight excluding hydrogens is 431 g/mol. The number of hydrogen-bond acceptors (Lipinski definition) is 2. The number of nitrogens with one attached hydrogen (secondary N) is 1. The molecule has 0 spiro atoms. The lowest BCUT2D eigenvalue weighted by molar-refractivity contribution is 0.549. The van der Waals surface area contributed by atoms with E-state index in [9.17, 15) is 4.39 Å². The minimum absolute atomic E-state index is 0.163. The van der Waals surface area contributed by atoms with Gasteiger partial charge in [-0.1, -0.05) is 12.1 Å². The van der Waals surface area contributed by atoms with Crippen molar-refractivity contribution in [3.05, 3.63) is 113 Å². The Balaban J connectivity index is 1.68. The highest BCUT2D eigenvalue weighted by atomic mass is 32.1.